The zero-order valence-electron chi connectivity index (χ0n) is 20.3. The first kappa shape index (κ1) is 23.8. The van der Waals surface area contributed by atoms with Gasteiger partial charge in [0.1, 0.15) is 0 Å². The second-order valence-corrected chi connectivity index (χ2v) is 8.85. The van der Waals surface area contributed by atoms with Crippen molar-refractivity contribution in [2.24, 2.45) is 4.99 Å². The van der Waals surface area contributed by atoms with Crippen LogP contribution in [0.5, 0.6) is 5.88 Å². The zero-order valence-corrected chi connectivity index (χ0v) is 20.3. The van der Waals surface area contributed by atoms with Crippen LogP contribution in [0.3, 0.4) is 0 Å². The van der Waals surface area contributed by atoms with Crippen LogP contribution in [0.2, 0.25) is 0 Å². The average molecular weight is 483 g/mol. The molecule has 1 aliphatic heterocycles. The van der Waals surface area contributed by atoms with Crippen LogP contribution in [-0.2, 0) is 11.3 Å². The number of H-pyrrole nitrogens is 1. The quantitative estimate of drug-likeness (QED) is 0.264. The van der Waals surface area contributed by atoms with E-state index in [2.05, 4.69) is 27.3 Å². The zero-order chi connectivity index (χ0) is 24.9. The van der Waals surface area contributed by atoms with Crippen molar-refractivity contribution in [3.8, 4) is 5.88 Å². The van der Waals surface area contributed by atoms with E-state index in [1.54, 1.807) is 19.1 Å². The first-order chi connectivity index (χ1) is 17.6. The van der Waals surface area contributed by atoms with Crippen LogP contribution in [0.25, 0.3) is 10.9 Å². The number of hydrogen-bond donors (Lipinski definition) is 3. The largest absolute Gasteiger partial charge is 0.494 e. The van der Waals surface area contributed by atoms with Crippen LogP contribution in [0.4, 0.5) is 5.69 Å². The number of fused-ring (bicyclic) bond motifs is 1. The van der Waals surface area contributed by atoms with E-state index in [1.165, 1.54) is 5.56 Å². The molecule has 0 bridgehead atoms. The lowest BCUT2D eigenvalue weighted by Crippen LogP contribution is -2.42. The monoisotopic (exact) mass is 482 g/mol. The summed E-state index contributed by atoms with van der Waals surface area (Å²) in [6, 6.07) is 23.3. The second-order valence-electron chi connectivity index (χ2n) is 8.85. The van der Waals surface area contributed by atoms with Crippen molar-refractivity contribution >= 4 is 28.3 Å². The SMILES string of the molecule is CCOC(=O)c1ccc2c(C(=Nc3ccc(CN4CCNCC4)cc3)c3ccccc3)c(O)[nH]c2c1. The molecule has 7 heteroatoms. The number of nitrogens with zero attached hydrogens (tertiary/aromatic N) is 2. The molecule has 0 aliphatic carbocycles. The van der Waals surface area contributed by atoms with E-state index in [0.29, 0.717) is 29.0 Å². The molecule has 0 amide bonds. The fraction of sp³-hybridized carbons (Fsp3) is 0.241. The molecule has 1 aromatic heterocycles. The van der Waals surface area contributed by atoms with Gasteiger partial charge in [0, 0.05) is 49.2 Å². The standard InChI is InChI=1S/C29H30N4O3/c1-2-36-29(35)22-10-13-24-25(18-22)32-28(34)26(24)27(21-6-4-3-5-7-21)31-23-11-8-20(9-12-23)19-33-16-14-30-15-17-33/h3-13,18,30,32,34H,2,14-17,19H2,1H3. The number of rotatable bonds is 7. The van der Waals surface area contributed by atoms with Crippen molar-refractivity contribution in [1.82, 2.24) is 15.2 Å². The molecule has 1 fully saturated rings. The Labute approximate surface area is 210 Å². The summed E-state index contributed by atoms with van der Waals surface area (Å²) in [6.07, 6.45) is 0. The highest BCUT2D eigenvalue weighted by Crippen LogP contribution is 2.32. The highest BCUT2D eigenvalue weighted by Gasteiger charge is 2.20. The van der Waals surface area contributed by atoms with Crippen molar-refractivity contribution < 1.29 is 14.6 Å². The number of aliphatic imine (C=N–C) groups is 1. The number of carbonyl (C=O) groups is 1. The smallest absolute Gasteiger partial charge is 0.338 e. The van der Waals surface area contributed by atoms with E-state index in [-0.39, 0.29) is 5.88 Å². The minimum atomic E-state index is -0.395. The molecule has 184 valence electrons. The summed E-state index contributed by atoms with van der Waals surface area (Å²) in [6.45, 7) is 7.15. The van der Waals surface area contributed by atoms with E-state index in [0.717, 1.165) is 49.4 Å². The van der Waals surface area contributed by atoms with Gasteiger partial charge in [-0.15, -0.1) is 0 Å². The molecule has 0 saturated carbocycles. The van der Waals surface area contributed by atoms with Crippen LogP contribution in [0.15, 0.2) is 77.8 Å². The van der Waals surface area contributed by atoms with Crippen LogP contribution in [0, 0.1) is 0 Å². The van der Waals surface area contributed by atoms with Gasteiger partial charge in [0.2, 0.25) is 0 Å². The van der Waals surface area contributed by atoms with Gasteiger partial charge in [-0.1, -0.05) is 48.5 Å². The number of hydrogen-bond acceptors (Lipinski definition) is 6. The maximum Gasteiger partial charge on any atom is 0.338 e. The Morgan fingerprint density at radius 3 is 2.47 bits per heavy atom. The first-order valence-electron chi connectivity index (χ1n) is 12.3. The fourth-order valence-corrected chi connectivity index (χ4v) is 4.56. The van der Waals surface area contributed by atoms with Gasteiger partial charge in [0.15, 0.2) is 5.88 Å². The number of benzene rings is 3. The Balaban J connectivity index is 1.52. The number of carbonyl (C=O) groups excluding carboxylic acids is 1. The summed E-state index contributed by atoms with van der Waals surface area (Å²) in [7, 11) is 0. The maximum absolute atomic E-state index is 12.2. The summed E-state index contributed by atoms with van der Waals surface area (Å²) in [5.41, 5.74) is 5.24. The first-order valence-corrected chi connectivity index (χ1v) is 12.3. The van der Waals surface area contributed by atoms with Gasteiger partial charge in [0.25, 0.3) is 0 Å². The van der Waals surface area contributed by atoms with Crippen molar-refractivity contribution in [3.05, 3.63) is 95.1 Å². The molecule has 0 spiro atoms. The topological polar surface area (TPSA) is 89.9 Å². The molecule has 5 rings (SSSR count). The van der Waals surface area contributed by atoms with Gasteiger partial charge < -0.3 is 20.1 Å². The maximum atomic E-state index is 12.2. The third-order valence-electron chi connectivity index (χ3n) is 6.37. The second kappa shape index (κ2) is 10.8. The number of aromatic hydroxyl groups is 1. The van der Waals surface area contributed by atoms with Crippen molar-refractivity contribution in [1.29, 1.82) is 0 Å². The van der Waals surface area contributed by atoms with E-state index >= 15 is 0 Å². The number of piperazine rings is 1. The van der Waals surface area contributed by atoms with Gasteiger partial charge in [-0.25, -0.2) is 9.79 Å². The summed E-state index contributed by atoms with van der Waals surface area (Å²) in [4.78, 5) is 22.6. The molecule has 0 radical (unpaired) electrons. The van der Waals surface area contributed by atoms with E-state index < -0.39 is 5.97 Å². The predicted molar refractivity (Wildman–Crippen MR) is 142 cm³/mol. The predicted octanol–water partition coefficient (Wildman–Crippen LogP) is 4.62. The van der Waals surface area contributed by atoms with Gasteiger partial charge in [-0.3, -0.25) is 4.90 Å². The van der Waals surface area contributed by atoms with E-state index in [4.69, 9.17) is 9.73 Å². The van der Waals surface area contributed by atoms with Gasteiger partial charge >= 0.3 is 5.97 Å². The molecule has 3 N–H and O–H groups in total. The van der Waals surface area contributed by atoms with Crippen molar-refractivity contribution in [3.63, 3.8) is 0 Å². The Morgan fingerprint density at radius 2 is 1.75 bits per heavy atom. The summed E-state index contributed by atoms with van der Waals surface area (Å²) in [5.74, 6) is -0.392. The Morgan fingerprint density at radius 1 is 1.00 bits per heavy atom. The van der Waals surface area contributed by atoms with Crippen LogP contribution in [-0.4, -0.2) is 59.5 Å². The lowest BCUT2D eigenvalue weighted by atomic mass is 10.00. The van der Waals surface area contributed by atoms with Crippen LogP contribution >= 0.6 is 0 Å². The minimum Gasteiger partial charge on any atom is -0.494 e. The Kier molecular flexibility index (Phi) is 7.11. The molecule has 1 saturated heterocycles. The number of aromatic nitrogens is 1. The highest BCUT2D eigenvalue weighted by molar-refractivity contribution is 6.22. The third-order valence-corrected chi connectivity index (χ3v) is 6.37. The minimum absolute atomic E-state index is 0.00365. The number of aromatic amines is 1. The molecule has 4 aromatic rings. The number of ether oxygens (including phenoxy) is 1. The molecule has 0 unspecified atom stereocenters. The molecule has 7 nitrogen and oxygen atoms in total. The lowest BCUT2D eigenvalue weighted by molar-refractivity contribution is 0.0526. The molecular weight excluding hydrogens is 452 g/mol. The summed E-state index contributed by atoms with van der Waals surface area (Å²) in [5, 5.41) is 15.1. The molecule has 1 aliphatic rings. The number of esters is 1. The Bertz CT molecular complexity index is 1370. The fourth-order valence-electron chi connectivity index (χ4n) is 4.56. The molecule has 3 aromatic carbocycles. The highest BCUT2D eigenvalue weighted by atomic mass is 16.5. The third kappa shape index (κ3) is 5.17. The number of nitrogens with one attached hydrogen (secondary N) is 2. The summed E-state index contributed by atoms with van der Waals surface area (Å²) < 4.78 is 5.12. The van der Waals surface area contributed by atoms with Crippen LogP contribution in [0.1, 0.15) is 34.0 Å². The van der Waals surface area contributed by atoms with Gasteiger partial charge in [0.05, 0.1) is 29.1 Å². The van der Waals surface area contributed by atoms with Crippen molar-refractivity contribution in [2.75, 3.05) is 32.8 Å². The molecular formula is C29H30N4O3. The van der Waals surface area contributed by atoms with Gasteiger partial charge in [-0.2, -0.15) is 0 Å². The molecule has 0 atom stereocenters. The van der Waals surface area contributed by atoms with Crippen LogP contribution < -0.4 is 5.32 Å². The molecule has 36 heavy (non-hydrogen) atoms. The molecule has 2 heterocycles. The normalized spacial score (nSPS) is 14.8. The lowest BCUT2D eigenvalue weighted by Gasteiger charge is -2.27. The van der Waals surface area contributed by atoms with E-state index in [9.17, 15) is 9.90 Å². The van der Waals surface area contributed by atoms with Gasteiger partial charge in [-0.05, 0) is 36.8 Å². The van der Waals surface area contributed by atoms with Crippen molar-refractivity contribution in [2.45, 2.75) is 13.5 Å². The van der Waals surface area contributed by atoms with E-state index in [1.807, 2.05) is 48.5 Å². The Hall–Kier alpha value is -3.94. The average Bonchev–Trinajstić information content (AvgIpc) is 3.24. The summed E-state index contributed by atoms with van der Waals surface area (Å²) >= 11 is 0.